The first-order chi connectivity index (χ1) is 31.4. The van der Waals surface area contributed by atoms with Crippen molar-refractivity contribution in [3.63, 3.8) is 0 Å². The van der Waals surface area contributed by atoms with Gasteiger partial charge in [-0.05, 0) is 110 Å². The number of amides is 4. The molecule has 15 heteroatoms. The van der Waals surface area contributed by atoms with Gasteiger partial charge in [0.15, 0.2) is 0 Å². The quantitative estimate of drug-likeness (QED) is 0.103. The van der Waals surface area contributed by atoms with Crippen LogP contribution < -0.4 is 27.0 Å². The van der Waals surface area contributed by atoms with Crippen LogP contribution in [0.3, 0.4) is 0 Å². The fourth-order valence-electron chi connectivity index (χ4n) is 11.5. The number of piperidine rings is 2. The van der Waals surface area contributed by atoms with Crippen LogP contribution in [0, 0.1) is 23.6 Å². The number of carbonyl (C=O) groups excluding carboxylic acids is 4. The van der Waals surface area contributed by atoms with E-state index in [0.717, 1.165) is 62.9 Å². The number of imide groups is 1. The van der Waals surface area contributed by atoms with Crippen LogP contribution in [-0.4, -0.2) is 62.3 Å². The summed E-state index contributed by atoms with van der Waals surface area (Å²) in [6.45, 7) is 2.45. The number of aryl methyl sites for hydroxylation is 1. The van der Waals surface area contributed by atoms with Crippen LogP contribution in [0.1, 0.15) is 92.0 Å². The summed E-state index contributed by atoms with van der Waals surface area (Å²) in [7, 11) is 1.67. The van der Waals surface area contributed by atoms with E-state index in [0.29, 0.717) is 45.8 Å². The molecule has 3 saturated heterocycles. The Morgan fingerprint density at radius 3 is 2.42 bits per heavy atom. The van der Waals surface area contributed by atoms with Crippen molar-refractivity contribution >= 4 is 69.2 Å². The number of halogens is 3. The lowest BCUT2D eigenvalue weighted by atomic mass is 9.55. The van der Waals surface area contributed by atoms with Crippen molar-refractivity contribution < 1.29 is 23.6 Å². The summed E-state index contributed by atoms with van der Waals surface area (Å²) in [5.41, 5.74) is 2.80. The van der Waals surface area contributed by atoms with Crippen molar-refractivity contribution in [3.8, 4) is 11.8 Å². The number of anilines is 2. The van der Waals surface area contributed by atoms with Crippen molar-refractivity contribution in [1.82, 2.24) is 24.7 Å². The molecule has 4 N–H and O–H groups in total. The van der Waals surface area contributed by atoms with Gasteiger partial charge in [0.2, 0.25) is 23.6 Å². The monoisotopic (exact) mass is 915 g/mol. The van der Waals surface area contributed by atoms with E-state index in [1.165, 1.54) is 15.2 Å². The number of hydrogen-bond donors (Lipinski definition) is 4. The first kappa shape index (κ1) is 43.1. The zero-order chi connectivity index (χ0) is 45.2. The molecule has 334 valence electrons. The summed E-state index contributed by atoms with van der Waals surface area (Å²) in [5.74, 6) is 3.96. The molecule has 4 aromatic carbocycles. The second-order valence-electron chi connectivity index (χ2n) is 18.2. The van der Waals surface area contributed by atoms with Crippen LogP contribution in [0.5, 0.6) is 0 Å². The average molecular weight is 917 g/mol. The number of nitrogens with one attached hydrogen (secondary N) is 4. The van der Waals surface area contributed by atoms with Crippen molar-refractivity contribution in [2.45, 2.75) is 93.3 Å². The molecule has 2 spiro atoms. The number of fused-ring (bicyclic) bond motifs is 4. The topological polar surface area (TPSA) is 147 Å². The fourth-order valence-corrected chi connectivity index (χ4v) is 11.8. The lowest BCUT2D eigenvalue weighted by Crippen LogP contribution is -2.60. The molecule has 4 amide bonds. The van der Waals surface area contributed by atoms with E-state index in [4.69, 9.17) is 23.2 Å². The minimum Gasteiger partial charge on any atom is -0.325 e. The predicted octanol–water partition coefficient (Wildman–Crippen LogP) is 7.31. The molecule has 4 atom stereocenters. The third-order valence-corrected chi connectivity index (χ3v) is 15.1. The normalized spacial score (nSPS) is 24.2. The zero-order valence-electron chi connectivity index (χ0n) is 35.8. The van der Waals surface area contributed by atoms with E-state index in [1.54, 1.807) is 31.3 Å². The highest BCUT2D eigenvalue weighted by Gasteiger charge is 2.72. The van der Waals surface area contributed by atoms with Gasteiger partial charge in [0.25, 0.3) is 0 Å². The van der Waals surface area contributed by atoms with E-state index in [-0.39, 0.29) is 52.8 Å². The van der Waals surface area contributed by atoms with Crippen molar-refractivity contribution in [2.24, 2.45) is 13.0 Å². The molecule has 1 aliphatic carbocycles. The maximum atomic E-state index is 16.3. The van der Waals surface area contributed by atoms with Gasteiger partial charge in [-0.2, -0.15) is 0 Å². The highest BCUT2D eigenvalue weighted by molar-refractivity contribution is 6.31. The first-order valence-electron chi connectivity index (χ1n) is 22.4. The Bertz CT molecular complexity index is 2910. The molecule has 1 aromatic heterocycles. The Morgan fingerprint density at radius 2 is 1.66 bits per heavy atom. The maximum Gasteiger partial charge on any atom is 0.329 e. The zero-order valence-corrected chi connectivity index (χ0v) is 37.3. The maximum absolute atomic E-state index is 16.3. The van der Waals surface area contributed by atoms with E-state index >= 15 is 4.39 Å². The number of aromatic nitrogens is 2. The van der Waals surface area contributed by atoms with Crippen LogP contribution in [0.15, 0.2) is 83.7 Å². The van der Waals surface area contributed by atoms with Gasteiger partial charge in [-0.1, -0.05) is 84.6 Å². The van der Waals surface area contributed by atoms with E-state index in [2.05, 4.69) is 38.0 Å². The Labute approximate surface area is 385 Å². The fraction of sp³-hybridized carbons (Fsp3) is 0.380. The number of rotatable bonds is 6. The van der Waals surface area contributed by atoms with Crippen LogP contribution in [0.4, 0.5) is 15.8 Å². The molecule has 5 aromatic rings. The van der Waals surface area contributed by atoms with E-state index in [9.17, 15) is 24.0 Å². The SMILES string of the molecule is Cn1c(=O)n(C2CCC(=O)NC2=O)c2ccc(C#CC3CCN(Cc4ccc(NC(=O)[C@@H]5NC6(CCCCC6)[C@@]6(C(=O)Nc7cc(Cl)ccc76)[C@H]5c5cccc(Cl)c5F)cc4)CC3)cc21. The summed E-state index contributed by atoms with van der Waals surface area (Å²) in [4.78, 5) is 69.2. The van der Waals surface area contributed by atoms with Gasteiger partial charge in [0.05, 0.1) is 22.1 Å². The van der Waals surface area contributed by atoms with E-state index in [1.807, 2.05) is 48.5 Å². The molecule has 0 radical (unpaired) electrons. The highest BCUT2D eigenvalue weighted by Crippen LogP contribution is 2.63. The lowest BCUT2D eigenvalue weighted by molar-refractivity contribution is -0.135. The molecule has 1 unspecified atom stereocenters. The second kappa shape index (κ2) is 16.9. The second-order valence-corrected chi connectivity index (χ2v) is 19.1. The molecule has 4 aliphatic heterocycles. The Balaban J connectivity index is 0.819. The molecule has 12 nitrogen and oxygen atoms in total. The summed E-state index contributed by atoms with van der Waals surface area (Å²) in [6.07, 6.45) is 6.22. The molecular weight excluding hydrogens is 868 g/mol. The minimum atomic E-state index is -1.31. The molecule has 0 bridgehead atoms. The number of benzene rings is 4. The largest absolute Gasteiger partial charge is 0.329 e. The van der Waals surface area contributed by atoms with Crippen LogP contribution in [0.25, 0.3) is 11.0 Å². The van der Waals surface area contributed by atoms with Crippen molar-refractivity contribution in [2.75, 3.05) is 23.7 Å². The third-order valence-electron chi connectivity index (χ3n) is 14.6. The van der Waals surface area contributed by atoms with Gasteiger partial charge in [-0.25, -0.2) is 9.18 Å². The van der Waals surface area contributed by atoms with Gasteiger partial charge in [-0.15, -0.1) is 0 Å². The predicted molar refractivity (Wildman–Crippen MR) is 247 cm³/mol. The summed E-state index contributed by atoms with van der Waals surface area (Å²) in [5, 5.41) is 12.6. The smallest absolute Gasteiger partial charge is 0.325 e. The number of imidazole rings is 1. The molecule has 4 fully saturated rings. The molecule has 5 heterocycles. The van der Waals surface area contributed by atoms with Crippen molar-refractivity contribution in [3.05, 3.63) is 127 Å². The molecular formula is C50H48Cl2FN7O5. The standard InChI is InChI=1S/C50H48Cl2FN7O5/c1-58-40-26-30(12-17-38(40)60(48(58)65)39-18-19-41(61)56-45(39)62)9-8-29-20-24-59(25-21-29)28-31-10-14-33(15-11-31)54-46(63)44-42(34-6-5-7-36(52)43(34)53)50(49(57-44)22-3-2-4-23-49)35-16-13-32(51)27-37(35)55-47(50)64/h5-7,10-17,26-27,29,39,42,44,57H,2-4,18-25,28H2,1H3,(H,54,63)(H,55,64)(H,56,61,62)/t39?,42-,44+,50+/m0/s1. The Hall–Kier alpha value is -5.78. The number of likely N-dealkylation sites (tertiary alicyclic amines) is 1. The summed E-state index contributed by atoms with van der Waals surface area (Å²) >= 11 is 12.8. The number of hydrogen-bond acceptors (Lipinski definition) is 7. The highest BCUT2D eigenvalue weighted by atomic mass is 35.5. The molecule has 10 rings (SSSR count). The van der Waals surface area contributed by atoms with Crippen LogP contribution >= 0.6 is 23.2 Å². The summed E-state index contributed by atoms with van der Waals surface area (Å²) < 4.78 is 19.3. The molecule has 5 aliphatic rings. The minimum absolute atomic E-state index is 0.0745. The van der Waals surface area contributed by atoms with Gasteiger partial charge < -0.3 is 10.6 Å². The summed E-state index contributed by atoms with van der Waals surface area (Å²) in [6, 6.07) is 21.7. The van der Waals surface area contributed by atoms with Crippen LogP contribution in [0.2, 0.25) is 10.0 Å². The van der Waals surface area contributed by atoms with E-state index < -0.39 is 40.7 Å². The van der Waals surface area contributed by atoms with Gasteiger partial charge in [0.1, 0.15) is 17.3 Å². The molecule has 65 heavy (non-hydrogen) atoms. The molecule has 1 saturated carbocycles. The number of carbonyl (C=O) groups is 4. The van der Waals surface area contributed by atoms with Gasteiger partial charge in [0, 0.05) is 59.3 Å². The first-order valence-corrected chi connectivity index (χ1v) is 23.1. The van der Waals surface area contributed by atoms with Gasteiger partial charge in [-0.3, -0.25) is 43.8 Å². The average Bonchev–Trinajstić information content (AvgIpc) is 3.85. The van der Waals surface area contributed by atoms with Crippen LogP contribution in [-0.2, 0) is 38.2 Å². The Kier molecular flexibility index (Phi) is 11.2. The lowest BCUT2D eigenvalue weighted by Gasteiger charge is -2.47. The Morgan fingerprint density at radius 1 is 0.892 bits per heavy atom. The van der Waals surface area contributed by atoms with Crippen molar-refractivity contribution in [1.29, 1.82) is 0 Å². The number of nitrogens with zero attached hydrogens (tertiary/aromatic N) is 3. The van der Waals surface area contributed by atoms with Gasteiger partial charge >= 0.3 is 5.69 Å². The third kappa shape index (κ3) is 7.35.